The smallest absolute Gasteiger partial charge is 0.0666 e. The van der Waals surface area contributed by atoms with Crippen LogP contribution < -0.4 is 0 Å². The standard InChI is InChI=1S/C7H9N/c1-3-4-7(2)5-6-8/h3H,1-2,4-5H2. The lowest BCUT2D eigenvalue weighted by atomic mass is 10.2. The Labute approximate surface area is 49.9 Å². The fraction of sp³-hybridized carbons (Fsp3) is 0.286. The second kappa shape index (κ2) is 4.14. The molecule has 0 spiro atoms. The molecule has 42 valence electrons. The van der Waals surface area contributed by atoms with Crippen molar-refractivity contribution < 1.29 is 0 Å². The third kappa shape index (κ3) is 3.17. The summed E-state index contributed by atoms with van der Waals surface area (Å²) in [6.07, 6.45) is 2.96. The minimum Gasteiger partial charge on any atom is -0.198 e. The van der Waals surface area contributed by atoms with Gasteiger partial charge in [-0.1, -0.05) is 18.2 Å². The van der Waals surface area contributed by atoms with Crippen LogP contribution in [0.5, 0.6) is 0 Å². The SMILES string of the molecule is C=CCC(=C)CC#N. The molecule has 8 heavy (non-hydrogen) atoms. The fourth-order valence-electron chi connectivity index (χ4n) is 0.388. The second-order valence-electron chi connectivity index (χ2n) is 1.58. The molecule has 0 aliphatic carbocycles. The first-order valence-corrected chi connectivity index (χ1v) is 2.45. The number of allylic oxidation sites excluding steroid dienone is 2. The molecule has 0 aromatic heterocycles. The first-order valence-electron chi connectivity index (χ1n) is 2.45. The van der Waals surface area contributed by atoms with E-state index in [1.165, 1.54) is 0 Å². The number of hydrogen-bond donors (Lipinski definition) is 0. The van der Waals surface area contributed by atoms with Crippen LogP contribution in [0.4, 0.5) is 0 Å². The minimum atomic E-state index is 0.450. The van der Waals surface area contributed by atoms with Crippen molar-refractivity contribution >= 4 is 0 Å². The summed E-state index contributed by atoms with van der Waals surface area (Å²) in [7, 11) is 0. The molecule has 0 bridgehead atoms. The highest BCUT2D eigenvalue weighted by molar-refractivity contribution is 5.05. The molecule has 0 radical (unpaired) electrons. The van der Waals surface area contributed by atoms with Gasteiger partial charge in [0.1, 0.15) is 0 Å². The zero-order chi connectivity index (χ0) is 6.41. The molecule has 0 N–H and O–H groups in total. The van der Waals surface area contributed by atoms with E-state index in [4.69, 9.17) is 5.26 Å². The van der Waals surface area contributed by atoms with E-state index in [1.807, 2.05) is 6.07 Å². The van der Waals surface area contributed by atoms with E-state index >= 15 is 0 Å². The van der Waals surface area contributed by atoms with E-state index in [0.717, 1.165) is 12.0 Å². The van der Waals surface area contributed by atoms with Crippen LogP contribution in [-0.4, -0.2) is 0 Å². The maximum atomic E-state index is 8.12. The molecule has 0 amide bonds. The van der Waals surface area contributed by atoms with Crippen molar-refractivity contribution in [2.45, 2.75) is 12.8 Å². The van der Waals surface area contributed by atoms with Gasteiger partial charge in [-0.05, 0) is 6.42 Å². The van der Waals surface area contributed by atoms with E-state index < -0.39 is 0 Å². The molecule has 0 aromatic carbocycles. The van der Waals surface area contributed by atoms with Crippen LogP contribution in [0.2, 0.25) is 0 Å². The van der Waals surface area contributed by atoms with Gasteiger partial charge in [0, 0.05) is 0 Å². The Balaban J connectivity index is 3.36. The Morgan fingerprint density at radius 2 is 2.38 bits per heavy atom. The molecule has 0 unspecified atom stereocenters. The van der Waals surface area contributed by atoms with E-state index in [-0.39, 0.29) is 0 Å². The molecule has 0 heterocycles. The quantitative estimate of drug-likeness (QED) is 0.506. The lowest BCUT2D eigenvalue weighted by Crippen LogP contribution is -1.73. The maximum Gasteiger partial charge on any atom is 0.0666 e. The second-order valence-corrected chi connectivity index (χ2v) is 1.58. The summed E-state index contributed by atoms with van der Waals surface area (Å²) in [5.74, 6) is 0. The Morgan fingerprint density at radius 3 is 2.75 bits per heavy atom. The van der Waals surface area contributed by atoms with Gasteiger partial charge in [0.15, 0.2) is 0 Å². The highest BCUT2D eigenvalue weighted by Gasteiger charge is 1.85. The molecule has 0 saturated carbocycles. The maximum absolute atomic E-state index is 8.12. The molecule has 0 fully saturated rings. The summed E-state index contributed by atoms with van der Waals surface area (Å²) in [5, 5.41) is 8.12. The van der Waals surface area contributed by atoms with Crippen LogP contribution in [0.25, 0.3) is 0 Å². The summed E-state index contributed by atoms with van der Waals surface area (Å²) in [6, 6.07) is 2.00. The predicted octanol–water partition coefficient (Wildman–Crippen LogP) is 2.03. The molecule has 0 aromatic rings. The molecule has 1 heteroatoms. The van der Waals surface area contributed by atoms with Crippen molar-refractivity contribution in [3.63, 3.8) is 0 Å². The van der Waals surface area contributed by atoms with Crippen molar-refractivity contribution in [2.75, 3.05) is 0 Å². The molecule has 0 aliphatic rings. The third-order valence-corrected chi connectivity index (χ3v) is 0.762. The van der Waals surface area contributed by atoms with Crippen LogP contribution in [-0.2, 0) is 0 Å². The summed E-state index contributed by atoms with van der Waals surface area (Å²) in [6.45, 7) is 7.15. The Hall–Kier alpha value is -1.03. The van der Waals surface area contributed by atoms with Crippen molar-refractivity contribution in [1.29, 1.82) is 5.26 Å². The minimum absolute atomic E-state index is 0.450. The van der Waals surface area contributed by atoms with E-state index in [2.05, 4.69) is 13.2 Å². The van der Waals surface area contributed by atoms with Crippen LogP contribution in [0.15, 0.2) is 24.8 Å². The number of nitrogens with zero attached hydrogens (tertiary/aromatic N) is 1. The number of hydrogen-bond acceptors (Lipinski definition) is 1. The van der Waals surface area contributed by atoms with E-state index in [9.17, 15) is 0 Å². The van der Waals surface area contributed by atoms with Gasteiger partial charge in [-0.2, -0.15) is 5.26 Å². The molecule has 0 atom stereocenters. The van der Waals surface area contributed by atoms with E-state index in [0.29, 0.717) is 6.42 Å². The van der Waals surface area contributed by atoms with Crippen LogP contribution >= 0.6 is 0 Å². The van der Waals surface area contributed by atoms with Gasteiger partial charge in [0.25, 0.3) is 0 Å². The van der Waals surface area contributed by atoms with Gasteiger partial charge >= 0.3 is 0 Å². The van der Waals surface area contributed by atoms with Crippen molar-refractivity contribution in [3.05, 3.63) is 24.8 Å². The summed E-state index contributed by atoms with van der Waals surface area (Å²) < 4.78 is 0. The number of rotatable bonds is 3. The molecule has 1 nitrogen and oxygen atoms in total. The van der Waals surface area contributed by atoms with Gasteiger partial charge in [-0.25, -0.2) is 0 Å². The average Bonchev–Trinajstić information content (AvgIpc) is 1.68. The fourth-order valence-corrected chi connectivity index (χ4v) is 0.388. The average molecular weight is 107 g/mol. The molecule has 0 aliphatic heterocycles. The summed E-state index contributed by atoms with van der Waals surface area (Å²) >= 11 is 0. The Bertz CT molecular complexity index is 128. The lowest BCUT2D eigenvalue weighted by Gasteiger charge is -1.89. The van der Waals surface area contributed by atoms with Crippen LogP contribution in [0, 0.1) is 11.3 Å². The molecule has 0 saturated heterocycles. The largest absolute Gasteiger partial charge is 0.198 e. The molecular weight excluding hydrogens is 98.1 g/mol. The molecule has 0 rings (SSSR count). The summed E-state index contributed by atoms with van der Waals surface area (Å²) in [5.41, 5.74) is 0.933. The zero-order valence-corrected chi connectivity index (χ0v) is 4.85. The van der Waals surface area contributed by atoms with Gasteiger partial charge in [-0.3, -0.25) is 0 Å². The van der Waals surface area contributed by atoms with Gasteiger partial charge in [-0.15, -0.1) is 6.58 Å². The van der Waals surface area contributed by atoms with Crippen LogP contribution in [0.3, 0.4) is 0 Å². The van der Waals surface area contributed by atoms with Crippen molar-refractivity contribution in [2.24, 2.45) is 0 Å². The topological polar surface area (TPSA) is 23.8 Å². The monoisotopic (exact) mass is 107 g/mol. The van der Waals surface area contributed by atoms with Crippen LogP contribution in [0.1, 0.15) is 12.8 Å². The van der Waals surface area contributed by atoms with Gasteiger partial charge < -0.3 is 0 Å². The van der Waals surface area contributed by atoms with E-state index in [1.54, 1.807) is 6.08 Å². The van der Waals surface area contributed by atoms with Crippen molar-refractivity contribution in [1.82, 2.24) is 0 Å². The van der Waals surface area contributed by atoms with Gasteiger partial charge in [0.2, 0.25) is 0 Å². The predicted molar refractivity (Wildman–Crippen MR) is 34.2 cm³/mol. The molecular formula is C7H9N. The Kier molecular flexibility index (Phi) is 3.60. The van der Waals surface area contributed by atoms with Gasteiger partial charge in [0.05, 0.1) is 12.5 Å². The highest BCUT2D eigenvalue weighted by atomic mass is 14.2. The first-order chi connectivity index (χ1) is 3.81. The van der Waals surface area contributed by atoms with Crippen molar-refractivity contribution in [3.8, 4) is 6.07 Å². The normalized spacial score (nSPS) is 7.38. The lowest BCUT2D eigenvalue weighted by molar-refractivity contribution is 1.13. The Morgan fingerprint density at radius 1 is 1.75 bits per heavy atom. The number of nitriles is 1. The first kappa shape index (κ1) is 6.97. The third-order valence-electron chi connectivity index (χ3n) is 0.762. The summed E-state index contributed by atoms with van der Waals surface area (Å²) in [4.78, 5) is 0. The zero-order valence-electron chi connectivity index (χ0n) is 4.85. The highest BCUT2D eigenvalue weighted by Crippen LogP contribution is 2.01.